The van der Waals surface area contributed by atoms with Crippen LogP contribution in [0.3, 0.4) is 0 Å². The molecule has 0 aromatic carbocycles. The zero-order valence-electron chi connectivity index (χ0n) is 7.82. The molecule has 3 heteroatoms. The third kappa shape index (κ3) is 1.44. The van der Waals surface area contributed by atoms with Gasteiger partial charge in [-0.05, 0) is 30.7 Å². The molecule has 0 aliphatic carbocycles. The molecule has 1 N–H and O–H groups in total. The van der Waals surface area contributed by atoms with Crippen molar-refractivity contribution in [3.8, 4) is 0 Å². The number of carbonyl (C=O) groups is 1. The van der Waals surface area contributed by atoms with Crippen molar-refractivity contribution in [2.75, 3.05) is 0 Å². The van der Waals surface area contributed by atoms with Crippen molar-refractivity contribution in [3.05, 3.63) is 53.6 Å². The molecule has 0 bridgehead atoms. The van der Waals surface area contributed by atoms with Crippen molar-refractivity contribution in [2.24, 2.45) is 0 Å². The molecule has 70 valence electrons. The highest BCUT2D eigenvalue weighted by Gasteiger charge is 2.12. The van der Waals surface area contributed by atoms with Crippen molar-refractivity contribution in [1.82, 2.24) is 9.97 Å². The van der Waals surface area contributed by atoms with Gasteiger partial charge >= 0.3 is 0 Å². The summed E-state index contributed by atoms with van der Waals surface area (Å²) in [4.78, 5) is 18.8. The monoisotopic (exact) mass is 186 g/mol. The van der Waals surface area contributed by atoms with E-state index in [4.69, 9.17) is 0 Å². The van der Waals surface area contributed by atoms with Gasteiger partial charge in [0.2, 0.25) is 5.78 Å². The number of hydrogen-bond donors (Lipinski definition) is 1. The van der Waals surface area contributed by atoms with Crippen LogP contribution in [-0.2, 0) is 0 Å². The number of ketones is 1. The van der Waals surface area contributed by atoms with E-state index in [0.717, 1.165) is 5.56 Å². The maximum Gasteiger partial charge on any atom is 0.227 e. The number of nitrogens with zero attached hydrogens (tertiary/aromatic N) is 1. The number of aromatic amines is 1. The minimum Gasteiger partial charge on any atom is -0.358 e. The number of H-pyrrole nitrogens is 1. The topological polar surface area (TPSA) is 45.8 Å². The summed E-state index contributed by atoms with van der Waals surface area (Å²) in [6.45, 7) is 1.88. The first-order valence-electron chi connectivity index (χ1n) is 4.39. The van der Waals surface area contributed by atoms with E-state index in [0.29, 0.717) is 11.4 Å². The lowest BCUT2D eigenvalue weighted by Gasteiger charge is -2.00. The molecule has 0 spiro atoms. The molecule has 0 atom stereocenters. The molecule has 2 heterocycles. The summed E-state index contributed by atoms with van der Waals surface area (Å²) in [5.41, 5.74) is 1.98. The van der Waals surface area contributed by atoms with Gasteiger partial charge in [0, 0.05) is 12.4 Å². The van der Waals surface area contributed by atoms with Gasteiger partial charge in [0.25, 0.3) is 0 Å². The number of carbonyl (C=O) groups excluding carboxylic acids is 1. The van der Waals surface area contributed by atoms with Crippen LogP contribution in [0.25, 0.3) is 0 Å². The third-order valence-electron chi connectivity index (χ3n) is 2.07. The highest BCUT2D eigenvalue weighted by atomic mass is 16.1. The molecular formula is C11H10N2O. The highest BCUT2D eigenvalue weighted by Crippen LogP contribution is 2.09. The summed E-state index contributed by atoms with van der Waals surface area (Å²) in [6.07, 6.45) is 3.36. The van der Waals surface area contributed by atoms with E-state index >= 15 is 0 Å². The van der Waals surface area contributed by atoms with Crippen LogP contribution in [-0.4, -0.2) is 15.8 Å². The van der Waals surface area contributed by atoms with E-state index in [1.165, 1.54) is 0 Å². The lowest BCUT2D eigenvalue weighted by molar-refractivity contribution is 0.102. The Morgan fingerprint density at radius 2 is 2.21 bits per heavy atom. The minimum absolute atomic E-state index is 0.0619. The van der Waals surface area contributed by atoms with E-state index in [9.17, 15) is 4.79 Å². The van der Waals surface area contributed by atoms with Gasteiger partial charge in [0.05, 0.1) is 5.69 Å². The van der Waals surface area contributed by atoms with Crippen LogP contribution >= 0.6 is 0 Å². The molecule has 0 aliphatic heterocycles. The van der Waals surface area contributed by atoms with Crippen LogP contribution < -0.4 is 0 Å². The number of aryl methyl sites for hydroxylation is 1. The Hall–Kier alpha value is -1.90. The molecule has 0 amide bonds. The van der Waals surface area contributed by atoms with Crippen molar-refractivity contribution in [1.29, 1.82) is 0 Å². The lowest BCUT2D eigenvalue weighted by Crippen LogP contribution is -2.06. The van der Waals surface area contributed by atoms with Crippen LogP contribution in [0.15, 0.2) is 36.7 Å². The van der Waals surface area contributed by atoms with Crippen molar-refractivity contribution in [3.63, 3.8) is 0 Å². The summed E-state index contributed by atoms with van der Waals surface area (Å²) in [6, 6.07) is 7.24. The van der Waals surface area contributed by atoms with Gasteiger partial charge in [-0.25, -0.2) is 0 Å². The maximum absolute atomic E-state index is 11.8. The van der Waals surface area contributed by atoms with E-state index in [1.807, 2.05) is 19.1 Å². The predicted octanol–water partition coefficient (Wildman–Crippen LogP) is 1.95. The number of nitrogens with one attached hydrogen (secondary N) is 1. The van der Waals surface area contributed by atoms with Crippen LogP contribution in [0.1, 0.15) is 21.7 Å². The Bertz CT molecular complexity index is 446. The Labute approximate surface area is 81.8 Å². The number of aromatic nitrogens is 2. The molecule has 0 radical (unpaired) electrons. The molecule has 0 fully saturated rings. The second kappa shape index (κ2) is 3.46. The molecule has 0 aliphatic rings. The summed E-state index contributed by atoms with van der Waals surface area (Å²) in [5.74, 6) is -0.0619. The number of pyridine rings is 1. The van der Waals surface area contributed by atoms with Gasteiger partial charge in [0.1, 0.15) is 5.69 Å². The Balaban J connectivity index is 2.42. The largest absolute Gasteiger partial charge is 0.358 e. The van der Waals surface area contributed by atoms with Gasteiger partial charge in [-0.2, -0.15) is 0 Å². The van der Waals surface area contributed by atoms with Crippen molar-refractivity contribution < 1.29 is 4.79 Å². The van der Waals surface area contributed by atoms with Gasteiger partial charge in [0.15, 0.2) is 0 Å². The van der Waals surface area contributed by atoms with Crippen LogP contribution in [0.5, 0.6) is 0 Å². The predicted molar refractivity (Wildman–Crippen MR) is 53.2 cm³/mol. The smallest absolute Gasteiger partial charge is 0.227 e. The third-order valence-corrected chi connectivity index (χ3v) is 2.07. The van der Waals surface area contributed by atoms with E-state index in [1.54, 1.807) is 24.5 Å². The van der Waals surface area contributed by atoms with Crippen LogP contribution in [0, 0.1) is 6.92 Å². The minimum atomic E-state index is -0.0619. The fourth-order valence-electron chi connectivity index (χ4n) is 1.32. The summed E-state index contributed by atoms with van der Waals surface area (Å²) >= 11 is 0. The molecular weight excluding hydrogens is 176 g/mol. The quantitative estimate of drug-likeness (QED) is 0.728. The van der Waals surface area contributed by atoms with Crippen molar-refractivity contribution >= 4 is 5.78 Å². The van der Waals surface area contributed by atoms with Gasteiger partial charge in [-0.3, -0.25) is 9.78 Å². The summed E-state index contributed by atoms with van der Waals surface area (Å²) in [5, 5.41) is 0. The summed E-state index contributed by atoms with van der Waals surface area (Å²) < 4.78 is 0. The molecule has 2 aromatic rings. The zero-order chi connectivity index (χ0) is 9.97. The standard InChI is InChI=1S/C11H10N2O/c1-8-4-2-7-13-10(8)11(14)9-5-3-6-12-9/h2-7,12H,1H3. The van der Waals surface area contributed by atoms with Crippen molar-refractivity contribution in [2.45, 2.75) is 6.92 Å². The number of hydrogen-bond acceptors (Lipinski definition) is 2. The Morgan fingerprint density at radius 1 is 1.36 bits per heavy atom. The molecule has 0 saturated heterocycles. The fraction of sp³-hybridized carbons (Fsp3) is 0.0909. The second-order valence-corrected chi connectivity index (χ2v) is 3.08. The first kappa shape index (κ1) is 8.69. The van der Waals surface area contributed by atoms with Gasteiger partial charge in [-0.1, -0.05) is 6.07 Å². The maximum atomic E-state index is 11.8. The molecule has 2 aromatic heterocycles. The van der Waals surface area contributed by atoms with E-state index in [2.05, 4.69) is 9.97 Å². The SMILES string of the molecule is Cc1cccnc1C(=O)c1ccc[nH]1. The first-order chi connectivity index (χ1) is 6.79. The molecule has 0 unspecified atom stereocenters. The lowest BCUT2D eigenvalue weighted by atomic mass is 10.1. The van der Waals surface area contributed by atoms with Crippen LogP contribution in [0.2, 0.25) is 0 Å². The normalized spacial score (nSPS) is 10.1. The molecule has 0 saturated carbocycles. The second-order valence-electron chi connectivity index (χ2n) is 3.08. The highest BCUT2D eigenvalue weighted by molar-refractivity contribution is 6.07. The first-order valence-corrected chi connectivity index (χ1v) is 4.39. The van der Waals surface area contributed by atoms with Gasteiger partial charge < -0.3 is 4.98 Å². The van der Waals surface area contributed by atoms with Gasteiger partial charge in [-0.15, -0.1) is 0 Å². The molecule has 2 rings (SSSR count). The number of rotatable bonds is 2. The molecule has 3 nitrogen and oxygen atoms in total. The average Bonchev–Trinajstić information content (AvgIpc) is 2.70. The fourth-order valence-corrected chi connectivity index (χ4v) is 1.32. The Morgan fingerprint density at radius 3 is 2.86 bits per heavy atom. The average molecular weight is 186 g/mol. The summed E-state index contributed by atoms with van der Waals surface area (Å²) in [7, 11) is 0. The van der Waals surface area contributed by atoms with E-state index in [-0.39, 0.29) is 5.78 Å². The van der Waals surface area contributed by atoms with Crippen LogP contribution in [0.4, 0.5) is 0 Å². The van der Waals surface area contributed by atoms with E-state index < -0.39 is 0 Å². The molecule has 14 heavy (non-hydrogen) atoms. The Kier molecular flexibility index (Phi) is 2.14. The zero-order valence-corrected chi connectivity index (χ0v) is 7.82.